The van der Waals surface area contributed by atoms with Gasteiger partial charge in [-0.15, -0.1) is 0 Å². The molecule has 0 spiro atoms. The molecule has 5 nitrogen and oxygen atoms in total. The van der Waals surface area contributed by atoms with Crippen LogP contribution in [0.15, 0.2) is 54.9 Å². The quantitative estimate of drug-likeness (QED) is 0.703. The Morgan fingerprint density at radius 3 is 2.73 bits per heavy atom. The van der Waals surface area contributed by atoms with E-state index in [1.807, 2.05) is 18.2 Å². The number of hydrogen-bond donors (Lipinski definition) is 1. The average molecular weight is 406 g/mol. The lowest BCUT2D eigenvalue weighted by Gasteiger charge is -2.25. The van der Waals surface area contributed by atoms with Gasteiger partial charge in [0.25, 0.3) is 0 Å². The van der Waals surface area contributed by atoms with Gasteiger partial charge in [0, 0.05) is 49.9 Å². The number of nitrogens with zero attached hydrogens (tertiary/aromatic N) is 2. The number of pyridine rings is 1. The van der Waals surface area contributed by atoms with Gasteiger partial charge in [-0.25, -0.2) is 0 Å². The molecule has 2 heterocycles. The van der Waals surface area contributed by atoms with Gasteiger partial charge in [0.05, 0.1) is 0 Å². The minimum absolute atomic E-state index is 0.0399. The summed E-state index contributed by atoms with van der Waals surface area (Å²) in [6.07, 6.45) is 7.90. The molecule has 2 atom stereocenters. The van der Waals surface area contributed by atoms with E-state index in [0.29, 0.717) is 0 Å². The first-order valence-electron chi connectivity index (χ1n) is 10.8. The highest BCUT2D eigenvalue weighted by atomic mass is 16.5. The second-order valence-electron chi connectivity index (χ2n) is 9.31. The number of amides is 1. The topological polar surface area (TPSA) is 54.5 Å². The summed E-state index contributed by atoms with van der Waals surface area (Å²) >= 11 is 0. The number of fused-ring (bicyclic) bond motifs is 1. The molecule has 2 aliphatic rings. The third-order valence-corrected chi connectivity index (χ3v) is 5.87. The van der Waals surface area contributed by atoms with Crippen LogP contribution in [0, 0.1) is 17.8 Å². The standard InChI is InChI=1S/C25H31N3O2/c1-25(2,3)30-20-8-4-7-19(14-20)28-16-22-21(23(22)17-28)11-13-27-24(29)10-9-18-6-5-12-26-15-18/h4-10,12,14-15,21-23H,11,13,16-17H2,1-3H3,(H,27,29)/b10-9+. The Bertz CT molecular complexity index is 892. The number of carbonyl (C=O) groups excluding carboxylic acids is 1. The molecule has 1 saturated carbocycles. The van der Waals surface area contributed by atoms with Crippen LogP contribution in [0.2, 0.25) is 0 Å². The van der Waals surface area contributed by atoms with E-state index in [-0.39, 0.29) is 11.5 Å². The summed E-state index contributed by atoms with van der Waals surface area (Å²) in [6.45, 7) is 9.16. The average Bonchev–Trinajstić information content (AvgIpc) is 3.15. The highest BCUT2D eigenvalue weighted by Gasteiger charge is 2.54. The van der Waals surface area contributed by atoms with Crippen LogP contribution < -0.4 is 15.0 Å². The number of aromatic nitrogens is 1. The molecule has 158 valence electrons. The Balaban J connectivity index is 1.19. The number of rotatable bonds is 7. The smallest absolute Gasteiger partial charge is 0.244 e. The van der Waals surface area contributed by atoms with Gasteiger partial charge in [0.2, 0.25) is 5.91 Å². The second kappa shape index (κ2) is 8.50. The number of ether oxygens (including phenoxy) is 1. The molecule has 0 radical (unpaired) electrons. The molecule has 2 unspecified atom stereocenters. The van der Waals surface area contributed by atoms with Crippen LogP contribution in [-0.2, 0) is 4.79 Å². The van der Waals surface area contributed by atoms with E-state index in [1.165, 1.54) is 5.69 Å². The molecule has 2 aromatic rings. The summed E-state index contributed by atoms with van der Waals surface area (Å²) in [5.74, 6) is 3.12. The molecule has 2 fully saturated rings. The molecule has 1 saturated heterocycles. The first-order valence-corrected chi connectivity index (χ1v) is 10.8. The Morgan fingerprint density at radius 2 is 2.03 bits per heavy atom. The van der Waals surface area contributed by atoms with E-state index in [1.54, 1.807) is 24.5 Å². The monoisotopic (exact) mass is 405 g/mol. The van der Waals surface area contributed by atoms with Crippen molar-refractivity contribution >= 4 is 17.7 Å². The zero-order valence-corrected chi connectivity index (χ0v) is 18.0. The molecule has 5 heteroatoms. The summed E-state index contributed by atoms with van der Waals surface area (Å²) < 4.78 is 6.01. The van der Waals surface area contributed by atoms with E-state index in [9.17, 15) is 4.79 Å². The fraction of sp³-hybridized carbons (Fsp3) is 0.440. The third-order valence-electron chi connectivity index (χ3n) is 5.87. The minimum Gasteiger partial charge on any atom is -0.488 e. The van der Waals surface area contributed by atoms with Crippen molar-refractivity contribution in [3.8, 4) is 5.75 Å². The zero-order chi connectivity index (χ0) is 21.1. The van der Waals surface area contributed by atoms with E-state index >= 15 is 0 Å². The highest BCUT2D eigenvalue weighted by molar-refractivity contribution is 5.91. The van der Waals surface area contributed by atoms with E-state index in [0.717, 1.165) is 55.1 Å². The molecule has 30 heavy (non-hydrogen) atoms. The number of carbonyl (C=O) groups is 1. The summed E-state index contributed by atoms with van der Waals surface area (Å²) in [5.41, 5.74) is 1.99. The van der Waals surface area contributed by atoms with Crippen molar-refractivity contribution in [1.82, 2.24) is 10.3 Å². The lowest BCUT2D eigenvalue weighted by atomic mass is 10.1. The molecular formula is C25H31N3O2. The number of nitrogens with one attached hydrogen (secondary N) is 1. The van der Waals surface area contributed by atoms with Crippen LogP contribution in [0.25, 0.3) is 6.08 Å². The van der Waals surface area contributed by atoms with Crippen molar-refractivity contribution in [3.63, 3.8) is 0 Å². The lowest BCUT2D eigenvalue weighted by Crippen LogP contribution is -2.27. The summed E-state index contributed by atoms with van der Waals surface area (Å²) in [5, 5.41) is 3.01. The normalized spacial score (nSPS) is 22.8. The van der Waals surface area contributed by atoms with Crippen LogP contribution in [0.5, 0.6) is 5.75 Å². The van der Waals surface area contributed by atoms with Crippen molar-refractivity contribution in [3.05, 3.63) is 60.4 Å². The Kier molecular flexibility index (Phi) is 5.80. The van der Waals surface area contributed by atoms with Crippen LogP contribution in [0.4, 0.5) is 5.69 Å². The van der Waals surface area contributed by atoms with Gasteiger partial charge in [-0.05, 0) is 74.8 Å². The summed E-state index contributed by atoms with van der Waals surface area (Å²) in [7, 11) is 0. The first kappa shape index (κ1) is 20.5. The van der Waals surface area contributed by atoms with Crippen LogP contribution in [0.1, 0.15) is 32.8 Å². The molecular weight excluding hydrogens is 374 g/mol. The maximum Gasteiger partial charge on any atom is 0.244 e. The van der Waals surface area contributed by atoms with Crippen molar-refractivity contribution in [2.75, 3.05) is 24.5 Å². The zero-order valence-electron chi connectivity index (χ0n) is 18.0. The Morgan fingerprint density at radius 1 is 1.23 bits per heavy atom. The van der Waals surface area contributed by atoms with Crippen molar-refractivity contribution in [2.45, 2.75) is 32.8 Å². The fourth-order valence-electron chi connectivity index (χ4n) is 4.45. The molecule has 1 aromatic heterocycles. The molecule has 1 amide bonds. The van der Waals surface area contributed by atoms with Gasteiger partial charge in [0.15, 0.2) is 0 Å². The fourth-order valence-corrected chi connectivity index (χ4v) is 4.45. The largest absolute Gasteiger partial charge is 0.488 e. The second-order valence-corrected chi connectivity index (χ2v) is 9.31. The highest BCUT2D eigenvalue weighted by Crippen LogP contribution is 2.54. The molecule has 4 rings (SSSR count). The van der Waals surface area contributed by atoms with Crippen LogP contribution >= 0.6 is 0 Å². The van der Waals surface area contributed by atoms with E-state index < -0.39 is 0 Å². The van der Waals surface area contributed by atoms with Gasteiger partial charge in [0.1, 0.15) is 11.4 Å². The SMILES string of the molecule is CC(C)(C)Oc1cccc(N2CC3C(CCNC(=O)/C=C/c4cccnc4)C3C2)c1. The van der Waals surface area contributed by atoms with E-state index in [4.69, 9.17) is 4.74 Å². The summed E-state index contributed by atoms with van der Waals surface area (Å²) in [4.78, 5) is 18.5. The lowest BCUT2D eigenvalue weighted by molar-refractivity contribution is -0.116. The van der Waals surface area contributed by atoms with Crippen molar-refractivity contribution in [2.24, 2.45) is 17.8 Å². The number of piperidine rings is 1. The maximum atomic E-state index is 12.0. The van der Waals surface area contributed by atoms with Crippen molar-refractivity contribution in [1.29, 1.82) is 0 Å². The first-order chi connectivity index (χ1) is 14.4. The number of anilines is 1. The molecule has 1 aromatic carbocycles. The predicted octanol–water partition coefficient (Wildman–Crippen LogP) is 4.16. The summed E-state index contributed by atoms with van der Waals surface area (Å²) in [6, 6.07) is 12.2. The number of hydrogen-bond acceptors (Lipinski definition) is 4. The van der Waals surface area contributed by atoms with Crippen LogP contribution in [0.3, 0.4) is 0 Å². The number of benzene rings is 1. The Labute approximate surface area is 179 Å². The van der Waals surface area contributed by atoms with Crippen LogP contribution in [-0.4, -0.2) is 36.1 Å². The molecule has 1 aliphatic carbocycles. The minimum atomic E-state index is -0.186. The third kappa shape index (κ3) is 5.21. The van der Waals surface area contributed by atoms with E-state index in [2.05, 4.69) is 54.2 Å². The van der Waals surface area contributed by atoms with Gasteiger partial charge in [-0.2, -0.15) is 0 Å². The predicted molar refractivity (Wildman–Crippen MR) is 120 cm³/mol. The molecule has 1 N–H and O–H groups in total. The van der Waals surface area contributed by atoms with Gasteiger partial charge in [-0.1, -0.05) is 12.1 Å². The van der Waals surface area contributed by atoms with Gasteiger partial charge >= 0.3 is 0 Å². The maximum absolute atomic E-state index is 12.0. The Hall–Kier alpha value is -2.82. The molecule has 0 bridgehead atoms. The van der Waals surface area contributed by atoms with Gasteiger partial charge in [-0.3, -0.25) is 9.78 Å². The van der Waals surface area contributed by atoms with Crippen molar-refractivity contribution < 1.29 is 9.53 Å². The molecule has 1 aliphatic heterocycles. The van der Waals surface area contributed by atoms with Gasteiger partial charge < -0.3 is 15.0 Å².